The first-order valence-electron chi connectivity index (χ1n) is 4.72. The highest BCUT2D eigenvalue weighted by Crippen LogP contribution is 2.11. The Labute approximate surface area is 73.9 Å². The molecule has 0 bridgehead atoms. The van der Waals surface area contributed by atoms with E-state index >= 15 is 0 Å². The molecule has 0 aromatic heterocycles. The molecule has 0 aromatic rings. The number of carbonyl (C=O) groups excluding carboxylic acids is 1. The summed E-state index contributed by atoms with van der Waals surface area (Å²) >= 11 is 0. The molecule has 0 saturated carbocycles. The highest BCUT2D eigenvalue weighted by atomic mass is 16.2. The van der Waals surface area contributed by atoms with Crippen LogP contribution < -0.4 is 5.73 Å². The third-order valence-electron chi connectivity index (χ3n) is 2.38. The quantitative estimate of drug-likeness (QED) is 0.674. The van der Waals surface area contributed by atoms with Crippen molar-refractivity contribution in [1.82, 2.24) is 4.90 Å². The first kappa shape index (κ1) is 9.52. The zero-order chi connectivity index (χ0) is 8.97. The number of amides is 1. The van der Waals surface area contributed by atoms with E-state index in [2.05, 4.69) is 0 Å². The molecule has 1 unspecified atom stereocenters. The molecule has 1 aliphatic rings. The summed E-state index contributed by atoms with van der Waals surface area (Å²) in [5.74, 6) is 0.614. The average Bonchev–Trinajstić information content (AvgIpc) is 2.56. The molecular weight excluding hydrogens is 152 g/mol. The number of likely N-dealkylation sites (tertiary alicyclic amines) is 1. The van der Waals surface area contributed by atoms with Gasteiger partial charge in [0, 0.05) is 19.5 Å². The molecule has 1 rings (SSSR count). The molecule has 1 saturated heterocycles. The molecule has 2 N–H and O–H groups in total. The monoisotopic (exact) mass is 170 g/mol. The molecule has 0 aliphatic carbocycles. The van der Waals surface area contributed by atoms with Crippen LogP contribution >= 0.6 is 0 Å². The van der Waals surface area contributed by atoms with Gasteiger partial charge in [0.15, 0.2) is 0 Å². The van der Waals surface area contributed by atoms with E-state index in [0.29, 0.717) is 18.9 Å². The molecule has 3 heteroatoms. The van der Waals surface area contributed by atoms with Crippen molar-refractivity contribution in [1.29, 1.82) is 0 Å². The summed E-state index contributed by atoms with van der Waals surface area (Å²) in [6, 6.07) is 0. The van der Waals surface area contributed by atoms with Crippen LogP contribution in [0.25, 0.3) is 0 Å². The average molecular weight is 170 g/mol. The van der Waals surface area contributed by atoms with Crippen LogP contribution in [0, 0.1) is 5.92 Å². The van der Waals surface area contributed by atoms with E-state index in [1.54, 1.807) is 0 Å². The fraction of sp³-hybridized carbons (Fsp3) is 0.889. The number of nitrogens with zero attached hydrogens (tertiary/aromatic N) is 1. The van der Waals surface area contributed by atoms with Crippen molar-refractivity contribution < 1.29 is 4.79 Å². The summed E-state index contributed by atoms with van der Waals surface area (Å²) in [4.78, 5) is 13.4. The van der Waals surface area contributed by atoms with E-state index in [9.17, 15) is 4.79 Å². The highest BCUT2D eigenvalue weighted by molar-refractivity contribution is 5.76. The van der Waals surface area contributed by atoms with Crippen LogP contribution in [0.4, 0.5) is 0 Å². The summed E-state index contributed by atoms with van der Waals surface area (Å²) in [6.45, 7) is 4.54. The van der Waals surface area contributed by atoms with Crippen molar-refractivity contribution >= 4 is 5.91 Å². The number of nitrogens with two attached hydrogens (primary N) is 1. The standard InChI is InChI=1S/C9H18N2O/c1-8(7-10)6-9(12)11-4-2-3-5-11/h8H,2-7,10H2,1H3. The summed E-state index contributed by atoms with van der Waals surface area (Å²) < 4.78 is 0. The van der Waals surface area contributed by atoms with Crippen LogP contribution in [0.3, 0.4) is 0 Å². The minimum Gasteiger partial charge on any atom is -0.343 e. The van der Waals surface area contributed by atoms with Crippen LogP contribution in [0.2, 0.25) is 0 Å². The van der Waals surface area contributed by atoms with Crippen LogP contribution in [0.15, 0.2) is 0 Å². The van der Waals surface area contributed by atoms with Crippen molar-refractivity contribution in [2.45, 2.75) is 26.2 Å². The maximum atomic E-state index is 11.5. The molecule has 3 nitrogen and oxygen atoms in total. The highest BCUT2D eigenvalue weighted by Gasteiger charge is 2.18. The molecule has 1 amide bonds. The lowest BCUT2D eigenvalue weighted by Crippen LogP contribution is -2.30. The van der Waals surface area contributed by atoms with Gasteiger partial charge < -0.3 is 10.6 Å². The number of rotatable bonds is 3. The summed E-state index contributed by atoms with van der Waals surface area (Å²) in [5, 5.41) is 0. The fourth-order valence-electron chi connectivity index (χ4n) is 1.48. The van der Waals surface area contributed by atoms with E-state index in [1.165, 1.54) is 12.8 Å². The lowest BCUT2D eigenvalue weighted by atomic mass is 10.1. The van der Waals surface area contributed by atoms with E-state index in [-0.39, 0.29) is 5.91 Å². The Morgan fingerprint density at radius 2 is 2.08 bits per heavy atom. The van der Waals surface area contributed by atoms with Gasteiger partial charge in [-0.25, -0.2) is 0 Å². The zero-order valence-electron chi connectivity index (χ0n) is 7.75. The first-order valence-corrected chi connectivity index (χ1v) is 4.72. The molecule has 0 aromatic carbocycles. The lowest BCUT2D eigenvalue weighted by Gasteiger charge is -2.17. The van der Waals surface area contributed by atoms with Crippen molar-refractivity contribution in [3.63, 3.8) is 0 Å². The topological polar surface area (TPSA) is 46.3 Å². The minimum absolute atomic E-state index is 0.283. The van der Waals surface area contributed by atoms with Crippen LogP contribution in [-0.2, 0) is 4.79 Å². The fourth-order valence-corrected chi connectivity index (χ4v) is 1.48. The van der Waals surface area contributed by atoms with Gasteiger partial charge in [0.2, 0.25) is 5.91 Å². The van der Waals surface area contributed by atoms with Crippen LogP contribution in [0.1, 0.15) is 26.2 Å². The largest absolute Gasteiger partial charge is 0.343 e. The van der Waals surface area contributed by atoms with Gasteiger partial charge in [-0.3, -0.25) is 4.79 Å². The Balaban J connectivity index is 2.27. The van der Waals surface area contributed by atoms with Crippen molar-refractivity contribution in [2.75, 3.05) is 19.6 Å². The molecule has 0 radical (unpaired) electrons. The smallest absolute Gasteiger partial charge is 0.222 e. The van der Waals surface area contributed by atoms with Gasteiger partial charge in [-0.1, -0.05) is 6.92 Å². The Morgan fingerprint density at radius 3 is 2.58 bits per heavy atom. The second-order valence-electron chi connectivity index (χ2n) is 3.63. The second kappa shape index (κ2) is 4.45. The number of hydrogen-bond donors (Lipinski definition) is 1. The predicted octanol–water partition coefficient (Wildman–Crippen LogP) is 0.594. The third-order valence-corrected chi connectivity index (χ3v) is 2.38. The Bertz CT molecular complexity index is 153. The lowest BCUT2D eigenvalue weighted by molar-refractivity contribution is -0.130. The van der Waals surface area contributed by atoms with Gasteiger partial charge in [0.05, 0.1) is 0 Å². The van der Waals surface area contributed by atoms with Gasteiger partial charge in [-0.05, 0) is 25.3 Å². The van der Waals surface area contributed by atoms with E-state index in [4.69, 9.17) is 5.73 Å². The minimum atomic E-state index is 0.283. The third kappa shape index (κ3) is 2.48. The maximum Gasteiger partial charge on any atom is 0.222 e. The Hall–Kier alpha value is -0.570. The Kier molecular flexibility index (Phi) is 3.53. The van der Waals surface area contributed by atoms with Gasteiger partial charge in [0.1, 0.15) is 0 Å². The predicted molar refractivity (Wildman–Crippen MR) is 48.6 cm³/mol. The normalized spacial score (nSPS) is 19.7. The molecule has 1 aliphatic heterocycles. The summed E-state index contributed by atoms with van der Waals surface area (Å²) in [5.41, 5.74) is 5.45. The van der Waals surface area contributed by atoms with Gasteiger partial charge >= 0.3 is 0 Å². The molecule has 0 spiro atoms. The summed E-state index contributed by atoms with van der Waals surface area (Å²) in [6.07, 6.45) is 2.96. The van der Waals surface area contributed by atoms with E-state index in [1.807, 2.05) is 11.8 Å². The van der Waals surface area contributed by atoms with Gasteiger partial charge in [0.25, 0.3) is 0 Å². The summed E-state index contributed by atoms with van der Waals surface area (Å²) in [7, 11) is 0. The number of carbonyl (C=O) groups is 1. The van der Waals surface area contributed by atoms with Gasteiger partial charge in [-0.15, -0.1) is 0 Å². The molecule has 1 heterocycles. The maximum absolute atomic E-state index is 11.5. The molecular formula is C9H18N2O. The van der Waals surface area contributed by atoms with E-state index in [0.717, 1.165) is 13.1 Å². The van der Waals surface area contributed by atoms with Crippen molar-refractivity contribution in [3.8, 4) is 0 Å². The molecule has 1 atom stereocenters. The zero-order valence-corrected chi connectivity index (χ0v) is 7.75. The first-order chi connectivity index (χ1) is 5.74. The van der Waals surface area contributed by atoms with E-state index < -0.39 is 0 Å². The molecule has 70 valence electrons. The second-order valence-corrected chi connectivity index (χ2v) is 3.63. The van der Waals surface area contributed by atoms with Crippen LogP contribution in [-0.4, -0.2) is 30.4 Å². The SMILES string of the molecule is CC(CN)CC(=O)N1CCCC1. The van der Waals surface area contributed by atoms with Gasteiger partial charge in [-0.2, -0.15) is 0 Å². The molecule has 1 fully saturated rings. The number of hydrogen-bond acceptors (Lipinski definition) is 2. The van der Waals surface area contributed by atoms with Crippen LogP contribution in [0.5, 0.6) is 0 Å². The van der Waals surface area contributed by atoms with Crippen molar-refractivity contribution in [2.24, 2.45) is 11.7 Å². The molecule has 12 heavy (non-hydrogen) atoms. The van der Waals surface area contributed by atoms with Crippen molar-refractivity contribution in [3.05, 3.63) is 0 Å². The Morgan fingerprint density at radius 1 is 1.50 bits per heavy atom.